The van der Waals surface area contributed by atoms with Crippen LogP contribution in [0.2, 0.25) is 0 Å². The number of hydrogen-bond donors (Lipinski definition) is 2. The summed E-state index contributed by atoms with van der Waals surface area (Å²) in [6.07, 6.45) is -0.343. The average molecular weight is 339 g/mol. The maximum atomic E-state index is 14.1. The number of halogens is 2. The van der Waals surface area contributed by atoms with Gasteiger partial charge in [0, 0.05) is 31.7 Å². The van der Waals surface area contributed by atoms with Crippen LogP contribution in [0.25, 0.3) is 0 Å². The van der Waals surface area contributed by atoms with Crippen LogP contribution in [0.4, 0.5) is 19.3 Å². The summed E-state index contributed by atoms with van der Waals surface area (Å²) in [6, 6.07) is 3.30. The van der Waals surface area contributed by atoms with Gasteiger partial charge in [-0.05, 0) is 18.2 Å². The molecule has 2 aliphatic rings. The molecular formula is C15H15F2N3O4. The van der Waals surface area contributed by atoms with Crippen molar-refractivity contribution in [3.8, 4) is 0 Å². The van der Waals surface area contributed by atoms with E-state index in [2.05, 4.69) is 5.32 Å². The van der Waals surface area contributed by atoms with Crippen LogP contribution in [0, 0.1) is 5.82 Å². The second-order valence-corrected chi connectivity index (χ2v) is 5.79. The number of nitrogens with one attached hydrogen (secondary N) is 1. The lowest BCUT2D eigenvalue weighted by atomic mass is 10.1. The molecule has 2 N–H and O–H groups in total. The molecule has 24 heavy (non-hydrogen) atoms. The topological polar surface area (TPSA) is 90.0 Å². The third-order valence-electron chi connectivity index (χ3n) is 4.24. The summed E-state index contributed by atoms with van der Waals surface area (Å²) >= 11 is 0. The second kappa shape index (κ2) is 5.73. The summed E-state index contributed by atoms with van der Waals surface area (Å²) in [6.45, 7) is 0.0769. The third kappa shape index (κ3) is 2.66. The zero-order chi connectivity index (χ0) is 17.5. The Balaban J connectivity index is 1.85. The highest BCUT2D eigenvalue weighted by molar-refractivity contribution is 5.99. The Morgan fingerprint density at radius 1 is 1.29 bits per heavy atom. The molecule has 3 amide bonds. The molecule has 9 heteroatoms. The number of amides is 3. The highest BCUT2D eigenvalue weighted by Crippen LogP contribution is 2.29. The van der Waals surface area contributed by atoms with E-state index >= 15 is 0 Å². The Morgan fingerprint density at radius 2 is 2.04 bits per heavy atom. The van der Waals surface area contributed by atoms with Crippen LogP contribution in [0.5, 0.6) is 0 Å². The van der Waals surface area contributed by atoms with Crippen LogP contribution in [0.1, 0.15) is 16.8 Å². The summed E-state index contributed by atoms with van der Waals surface area (Å²) in [4.78, 5) is 37.4. The lowest BCUT2D eigenvalue weighted by Gasteiger charge is -2.20. The fourth-order valence-corrected chi connectivity index (χ4v) is 2.85. The minimum absolute atomic E-state index is 0.116. The van der Waals surface area contributed by atoms with E-state index in [-0.39, 0.29) is 24.6 Å². The molecule has 1 aromatic rings. The number of carboxylic acids is 1. The number of carbonyl (C=O) groups excluding carboxylic acids is 2. The van der Waals surface area contributed by atoms with Crippen molar-refractivity contribution < 1.29 is 28.3 Å². The van der Waals surface area contributed by atoms with Gasteiger partial charge >= 0.3 is 12.0 Å². The first-order chi connectivity index (χ1) is 11.3. The number of likely N-dealkylation sites (tertiary alicyclic amines) is 1. The molecule has 1 unspecified atom stereocenters. The number of nitrogens with zero attached hydrogens (tertiary/aromatic N) is 2. The SMILES string of the molecule is O=C(c1cc(N2CCNC2=O)ccc1F)N1CCC(F)(C(=O)O)C1. The van der Waals surface area contributed by atoms with Crippen molar-refractivity contribution in [2.24, 2.45) is 0 Å². The summed E-state index contributed by atoms with van der Waals surface area (Å²) in [5.41, 5.74) is -2.49. The number of alkyl halides is 1. The first-order valence-corrected chi connectivity index (χ1v) is 7.38. The van der Waals surface area contributed by atoms with Gasteiger partial charge in [-0.3, -0.25) is 9.69 Å². The molecule has 0 radical (unpaired) electrons. The summed E-state index contributed by atoms with van der Waals surface area (Å²) in [5, 5.41) is 11.5. The van der Waals surface area contributed by atoms with Crippen molar-refractivity contribution in [3.05, 3.63) is 29.6 Å². The van der Waals surface area contributed by atoms with Gasteiger partial charge in [0.2, 0.25) is 5.67 Å². The summed E-state index contributed by atoms with van der Waals surface area (Å²) in [5.74, 6) is -3.24. The lowest BCUT2D eigenvalue weighted by molar-refractivity contribution is -0.149. The Labute approximate surface area is 135 Å². The molecule has 2 aliphatic heterocycles. The zero-order valence-corrected chi connectivity index (χ0v) is 12.6. The van der Waals surface area contributed by atoms with Crippen LogP contribution >= 0.6 is 0 Å². The minimum atomic E-state index is -2.52. The van der Waals surface area contributed by atoms with Gasteiger partial charge in [0.05, 0.1) is 12.1 Å². The highest BCUT2D eigenvalue weighted by atomic mass is 19.1. The normalized spacial score (nSPS) is 23.5. The van der Waals surface area contributed by atoms with Crippen molar-refractivity contribution in [3.63, 3.8) is 0 Å². The van der Waals surface area contributed by atoms with E-state index in [1.165, 1.54) is 17.0 Å². The molecule has 0 saturated carbocycles. The van der Waals surface area contributed by atoms with E-state index in [9.17, 15) is 23.2 Å². The molecule has 0 aromatic heterocycles. The van der Waals surface area contributed by atoms with Gasteiger partial charge in [0.1, 0.15) is 5.82 Å². The van der Waals surface area contributed by atoms with Crippen LogP contribution in [0.15, 0.2) is 18.2 Å². The van der Waals surface area contributed by atoms with Gasteiger partial charge in [-0.25, -0.2) is 18.4 Å². The first kappa shape index (κ1) is 16.2. The summed E-state index contributed by atoms with van der Waals surface area (Å²) in [7, 11) is 0. The van der Waals surface area contributed by atoms with Gasteiger partial charge in [-0.2, -0.15) is 0 Å². The molecule has 0 bridgehead atoms. The van der Waals surface area contributed by atoms with Crippen molar-refractivity contribution in [1.82, 2.24) is 10.2 Å². The zero-order valence-electron chi connectivity index (χ0n) is 12.6. The molecule has 2 fully saturated rings. The summed E-state index contributed by atoms with van der Waals surface area (Å²) < 4.78 is 28.1. The van der Waals surface area contributed by atoms with Gasteiger partial charge in [-0.15, -0.1) is 0 Å². The number of anilines is 1. The van der Waals surface area contributed by atoms with Crippen molar-refractivity contribution in [2.75, 3.05) is 31.1 Å². The maximum absolute atomic E-state index is 14.1. The van der Waals surface area contributed by atoms with Crippen molar-refractivity contribution >= 4 is 23.6 Å². The molecule has 3 rings (SSSR count). The Morgan fingerprint density at radius 3 is 2.62 bits per heavy atom. The number of carbonyl (C=O) groups is 3. The number of aliphatic carboxylic acids is 1. The van der Waals surface area contributed by atoms with E-state index in [1.54, 1.807) is 0 Å². The molecule has 0 aliphatic carbocycles. The van der Waals surface area contributed by atoms with E-state index in [1.807, 2.05) is 0 Å². The Kier molecular flexibility index (Phi) is 3.86. The van der Waals surface area contributed by atoms with Crippen molar-refractivity contribution in [1.29, 1.82) is 0 Å². The number of benzene rings is 1. The van der Waals surface area contributed by atoms with E-state index < -0.39 is 29.9 Å². The smallest absolute Gasteiger partial charge is 0.343 e. The lowest BCUT2D eigenvalue weighted by Crippen LogP contribution is -2.39. The molecule has 1 atom stereocenters. The molecule has 1 aromatic carbocycles. The van der Waals surface area contributed by atoms with Crippen LogP contribution < -0.4 is 10.2 Å². The molecule has 2 heterocycles. The molecule has 128 valence electrons. The molecule has 0 spiro atoms. The van der Waals surface area contributed by atoms with Gasteiger partial charge in [0.25, 0.3) is 5.91 Å². The van der Waals surface area contributed by atoms with Crippen LogP contribution in [0.3, 0.4) is 0 Å². The quantitative estimate of drug-likeness (QED) is 0.859. The predicted molar refractivity (Wildman–Crippen MR) is 79.1 cm³/mol. The Bertz CT molecular complexity index is 727. The van der Waals surface area contributed by atoms with E-state index in [0.29, 0.717) is 18.8 Å². The number of hydrogen-bond acceptors (Lipinski definition) is 3. The standard InChI is InChI=1S/C15H15F2N3O4/c16-11-2-1-9(20-6-4-18-14(20)24)7-10(11)12(21)19-5-3-15(17,8-19)13(22)23/h1-2,7H,3-6,8H2,(H,18,24)(H,22,23). The number of carboxylic acid groups (broad SMARTS) is 1. The highest BCUT2D eigenvalue weighted by Gasteiger charge is 2.47. The molecular weight excluding hydrogens is 324 g/mol. The third-order valence-corrected chi connectivity index (χ3v) is 4.24. The first-order valence-electron chi connectivity index (χ1n) is 7.38. The fraction of sp³-hybridized carbons (Fsp3) is 0.400. The predicted octanol–water partition coefficient (Wildman–Crippen LogP) is 0.994. The fourth-order valence-electron chi connectivity index (χ4n) is 2.85. The second-order valence-electron chi connectivity index (χ2n) is 5.79. The number of urea groups is 1. The largest absolute Gasteiger partial charge is 0.479 e. The number of rotatable bonds is 3. The van der Waals surface area contributed by atoms with E-state index in [0.717, 1.165) is 11.0 Å². The monoisotopic (exact) mass is 339 g/mol. The van der Waals surface area contributed by atoms with Gasteiger partial charge < -0.3 is 15.3 Å². The average Bonchev–Trinajstić information content (AvgIpc) is 3.14. The maximum Gasteiger partial charge on any atom is 0.343 e. The minimum Gasteiger partial charge on any atom is -0.479 e. The van der Waals surface area contributed by atoms with Gasteiger partial charge in [0.15, 0.2) is 0 Å². The Hall–Kier alpha value is -2.71. The molecule has 7 nitrogen and oxygen atoms in total. The van der Waals surface area contributed by atoms with Gasteiger partial charge in [-0.1, -0.05) is 0 Å². The molecule has 2 saturated heterocycles. The van der Waals surface area contributed by atoms with Crippen LogP contribution in [-0.4, -0.2) is 59.8 Å². The van der Waals surface area contributed by atoms with Crippen LogP contribution in [-0.2, 0) is 4.79 Å². The van der Waals surface area contributed by atoms with E-state index in [4.69, 9.17) is 5.11 Å². The van der Waals surface area contributed by atoms with Crippen molar-refractivity contribution in [2.45, 2.75) is 12.1 Å².